The van der Waals surface area contributed by atoms with E-state index in [-0.39, 0.29) is 63.0 Å². The molecule has 0 aromatic carbocycles. The minimum Gasteiger partial charge on any atom is -2.00 e. The summed E-state index contributed by atoms with van der Waals surface area (Å²) in [5.41, 5.74) is 0. The van der Waals surface area contributed by atoms with E-state index in [0.29, 0.717) is 0 Å². The molecular formula is CrCuMgO+5. The van der Waals surface area contributed by atoms with Gasteiger partial charge in [0.2, 0.25) is 0 Å². The summed E-state index contributed by atoms with van der Waals surface area (Å²) in [5, 5.41) is 0. The first-order chi connectivity index (χ1) is 0. The van der Waals surface area contributed by atoms with Crippen molar-refractivity contribution in [2.24, 2.45) is 0 Å². The minimum atomic E-state index is 0. The zero-order chi connectivity index (χ0) is 0. The van der Waals surface area contributed by atoms with Gasteiger partial charge in [-0.3, -0.25) is 0 Å². The predicted octanol–water partition coefficient (Wildman–Crippen LogP) is -0.505. The van der Waals surface area contributed by atoms with Gasteiger partial charge >= 0.3 is 57.5 Å². The van der Waals surface area contributed by atoms with E-state index < -0.39 is 0 Å². The molecular weight excluding hydrogens is 156 g/mol. The fourth-order valence-corrected chi connectivity index (χ4v) is 0. The fourth-order valence-electron chi connectivity index (χ4n) is 0. The molecule has 20 valence electrons. The molecule has 0 unspecified atom stereocenters. The van der Waals surface area contributed by atoms with E-state index in [1.54, 1.807) is 0 Å². The molecule has 0 N–H and O–H groups in total. The largest absolute Gasteiger partial charge is 3.00 e. The maximum atomic E-state index is 0. The smallest absolute Gasteiger partial charge is 2.00 e. The van der Waals surface area contributed by atoms with Crippen LogP contribution in [0.25, 0.3) is 0 Å². The second-order valence-electron chi connectivity index (χ2n) is 0. The molecule has 0 aliphatic heterocycles. The van der Waals surface area contributed by atoms with Crippen LogP contribution in [0.4, 0.5) is 0 Å². The molecule has 2 radical (unpaired) electrons. The van der Waals surface area contributed by atoms with E-state index in [1.807, 2.05) is 0 Å². The van der Waals surface area contributed by atoms with Crippen LogP contribution in [0.5, 0.6) is 0 Å². The Balaban J connectivity index is 0. The van der Waals surface area contributed by atoms with Crippen molar-refractivity contribution >= 4 is 23.1 Å². The Bertz CT molecular complexity index is 8.00. The summed E-state index contributed by atoms with van der Waals surface area (Å²) in [6, 6.07) is 0. The molecule has 0 aliphatic carbocycles. The summed E-state index contributed by atoms with van der Waals surface area (Å²) < 4.78 is 0. The van der Waals surface area contributed by atoms with E-state index in [4.69, 9.17) is 0 Å². The van der Waals surface area contributed by atoms with E-state index in [2.05, 4.69) is 0 Å². The van der Waals surface area contributed by atoms with E-state index in [1.165, 1.54) is 0 Å². The summed E-state index contributed by atoms with van der Waals surface area (Å²) in [6.07, 6.45) is 0. The first kappa shape index (κ1) is 41.7. The topological polar surface area (TPSA) is 28.5 Å². The van der Waals surface area contributed by atoms with Crippen LogP contribution in [0.1, 0.15) is 0 Å². The third-order valence-corrected chi connectivity index (χ3v) is 0. The van der Waals surface area contributed by atoms with Crippen molar-refractivity contribution in [3.63, 3.8) is 0 Å². The molecule has 0 aliphatic rings. The van der Waals surface area contributed by atoms with Crippen LogP contribution in [0.15, 0.2) is 0 Å². The maximum absolute atomic E-state index is 0. The molecule has 0 atom stereocenters. The molecule has 0 saturated carbocycles. The Hall–Kier alpha value is 1.78. The van der Waals surface area contributed by atoms with Gasteiger partial charge in [0.15, 0.2) is 0 Å². The molecule has 0 rings (SSSR count). The monoisotopic (exact) mass is 155 g/mol. The van der Waals surface area contributed by atoms with E-state index in [0.717, 1.165) is 0 Å². The van der Waals surface area contributed by atoms with Crippen LogP contribution < -0.4 is 0 Å². The van der Waals surface area contributed by atoms with Gasteiger partial charge in [-0.1, -0.05) is 0 Å². The van der Waals surface area contributed by atoms with Gasteiger partial charge in [-0.15, -0.1) is 0 Å². The number of hydrogen-bond acceptors (Lipinski definition) is 0. The van der Waals surface area contributed by atoms with E-state index >= 15 is 0 Å². The zero-order valence-corrected chi connectivity index (χ0v) is 5.46. The van der Waals surface area contributed by atoms with Gasteiger partial charge in [0, 0.05) is 0 Å². The molecule has 0 aromatic heterocycles. The minimum absolute atomic E-state index is 0. The Morgan fingerprint density at radius 1 is 1.00 bits per heavy atom. The van der Waals surface area contributed by atoms with Gasteiger partial charge in [0.25, 0.3) is 0 Å². The van der Waals surface area contributed by atoms with Gasteiger partial charge in [0.05, 0.1) is 0 Å². The van der Waals surface area contributed by atoms with Gasteiger partial charge in [-0.25, -0.2) is 0 Å². The Morgan fingerprint density at radius 2 is 1.00 bits per heavy atom. The molecule has 0 saturated heterocycles. The van der Waals surface area contributed by atoms with Gasteiger partial charge in [0.1, 0.15) is 0 Å². The van der Waals surface area contributed by atoms with Crippen LogP contribution >= 0.6 is 0 Å². The molecule has 1 nitrogen and oxygen atoms in total. The molecule has 0 amide bonds. The summed E-state index contributed by atoms with van der Waals surface area (Å²) in [6.45, 7) is 0. The molecule has 0 bridgehead atoms. The van der Waals surface area contributed by atoms with Gasteiger partial charge in [-0.05, 0) is 0 Å². The van der Waals surface area contributed by atoms with Crippen molar-refractivity contribution in [3.05, 3.63) is 0 Å². The summed E-state index contributed by atoms with van der Waals surface area (Å²) in [5.74, 6) is 0. The average molecular weight is 156 g/mol. The van der Waals surface area contributed by atoms with Crippen molar-refractivity contribution in [1.82, 2.24) is 0 Å². The third-order valence-electron chi connectivity index (χ3n) is 0. The Kier molecular flexibility index (Phi) is 225. The van der Waals surface area contributed by atoms with Crippen molar-refractivity contribution in [2.45, 2.75) is 0 Å². The van der Waals surface area contributed by atoms with Crippen LogP contribution in [0.3, 0.4) is 0 Å². The summed E-state index contributed by atoms with van der Waals surface area (Å²) in [4.78, 5) is 0. The zero-order valence-electron chi connectivity index (χ0n) is 1.83. The molecule has 0 spiro atoms. The van der Waals surface area contributed by atoms with E-state index in [9.17, 15) is 0 Å². The molecule has 0 aromatic rings. The second-order valence-corrected chi connectivity index (χ2v) is 0. The molecule has 0 fully saturated rings. The van der Waals surface area contributed by atoms with Crippen LogP contribution in [0.2, 0.25) is 0 Å². The second kappa shape index (κ2) is 21.6. The van der Waals surface area contributed by atoms with Crippen LogP contribution in [-0.2, 0) is 39.9 Å². The Labute approximate surface area is 62.6 Å². The molecule has 4 heavy (non-hydrogen) atoms. The Morgan fingerprint density at radius 3 is 1.00 bits per heavy atom. The van der Waals surface area contributed by atoms with Gasteiger partial charge < -0.3 is 5.48 Å². The maximum Gasteiger partial charge on any atom is 3.00 e. The van der Waals surface area contributed by atoms with Crippen molar-refractivity contribution in [2.75, 3.05) is 0 Å². The van der Waals surface area contributed by atoms with Crippen LogP contribution in [-0.4, -0.2) is 23.1 Å². The third kappa shape index (κ3) is 9.22. The molecule has 0 heterocycles. The number of hydrogen-bond donors (Lipinski definition) is 0. The standard InChI is InChI=1S/Cr.Cu.Mg.O/q+3;2*+2;-2. The first-order valence-electron chi connectivity index (χ1n) is 0. The molecule has 4 heteroatoms. The summed E-state index contributed by atoms with van der Waals surface area (Å²) in [7, 11) is 0. The SMILES string of the molecule is [Cr+3].[Cu+2].[Mg+2].[O-2]. The normalized spacial score (nSPS) is 0. The van der Waals surface area contributed by atoms with Crippen molar-refractivity contribution in [3.8, 4) is 0 Å². The quantitative estimate of drug-likeness (QED) is 0.422. The van der Waals surface area contributed by atoms with Crippen molar-refractivity contribution in [1.29, 1.82) is 0 Å². The van der Waals surface area contributed by atoms with Crippen LogP contribution in [0, 0.1) is 0 Å². The summed E-state index contributed by atoms with van der Waals surface area (Å²) >= 11 is 0. The predicted molar refractivity (Wildman–Crippen MR) is 6.44 cm³/mol. The van der Waals surface area contributed by atoms with Crippen molar-refractivity contribution < 1.29 is 39.9 Å². The fraction of sp³-hybridized carbons (Fsp3) is 0. The van der Waals surface area contributed by atoms with Gasteiger partial charge in [-0.2, -0.15) is 0 Å². The number of rotatable bonds is 0. The average Bonchev–Trinajstić information content (AvgIpc) is 0. The first-order valence-corrected chi connectivity index (χ1v) is 0.